The summed E-state index contributed by atoms with van der Waals surface area (Å²) < 4.78 is 5.29. The van der Waals surface area contributed by atoms with Gasteiger partial charge in [0.15, 0.2) is 0 Å². The quantitative estimate of drug-likeness (QED) is 0.411. The largest absolute Gasteiger partial charge is 0.381 e. The standard InChI is InChI=1S/C10H16N4O2/c11-13-12-7-10(15)14(8-1-2-8)9-3-5-16-6-4-9/h8-9H,1-7H2. The molecule has 0 bridgehead atoms. The monoisotopic (exact) mass is 224 g/mol. The van der Waals surface area contributed by atoms with Crippen LogP contribution in [0.3, 0.4) is 0 Å². The molecule has 0 aromatic rings. The van der Waals surface area contributed by atoms with Gasteiger partial charge in [-0.2, -0.15) is 0 Å². The average Bonchev–Trinajstić information content (AvgIpc) is 3.12. The predicted molar refractivity (Wildman–Crippen MR) is 57.7 cm³/mol. The van der Waals surface area contributed by atoms with Crippen LogP contribution in [0.25, 0.3) is 10.4 Å². The third kappa shape index (κ3) is 2.65. The number of hydrogen-bond donors (Lipinski definition) is 0. The van der Waals surface area contributed by atoms with E-state index in [-0.39, 0.29) is 18.5 Å². The zero-order chi connectivity index (χ0) is 11.4. The van der Waals surface area contributed by atoms with Gasteiger partial charge in [0.25, 0.3) is 0 Å². The molecule has 1 aliphatic carbocycles. The SMILES string of the molecule is [N-]=[N+]=NCC(=O)N(C1CCOCC1)C1CC1. The van der Waals surface area contributed by atoms with Crippen molar-refractivity contribution >= 4 is 5.91 Å². The summed E-state index contributed by atoms with van der Waals surface area (Å²) >= 11 is 0. The second-order valence-electron chi connectivity index (χ2n) is 4.26. The van der Waals surface area contributed by atoms with Crippen LogP contribution in [0.1, 0.15) is 25.7 Å². The van der Waals surface area contributed by atoms with E-state index in [0.29, 0.717) is 6.04 Å². The molecule has 1 amide bonds. The molecular weight excluding hydrogens is 208 g/mol. The molecule has 0 spiro atoms. The minimum Gasteiger partial charge on any atom is -0.381 e. The van der Waals surface area contributed by atoms with Gasteiger partial charge in [-0.3, -0.25) is 4.79 Å². The summed E-state index contributed by atoms with van der Waals surface area (Å²) in [4.78, 5) is 16.5. The molecule has 0 aromatic carbocycles. The lowest BCUT2D eigenvalue weighted by atomic mass is 10.1. The van der Waals surface area contributed by atoms with Crippen molar-refractivity contribution in [3.63, 3.8) is 0 Å². The van der Waals surface area contributed by atoms with E-state index in [1.54, 1.807) is 0 Å². The Bertz CT molecular complexity index is 304. The van der Waals surface area contributed by atoms with E-state index in [1.165, 1.54) is 0 Å². The number of carbonyl (C=O) groups is 1. The lowest BCUT2D eigenvalue weighted by Crippen LogP contribution is -2.45. The molecule has 0 radical (unpaired) electrons. The van der Waals surface area contributed by atoms with Crippen LogP contribution in [0.5, 0.6) is 0 Å². The Labute approximate surface area is 94.2 Å². The first-order chi connectivity index (χ1) is 7.83. The van der Waals surface area contributed by atoms with Gasteiger partial charge in [0.1, 0.15) is 6.54 Å². The number of carbonyl (C=O) groups excluding carboxylic acids is 1. The van der Waals surface area contributed by atoms with Crippen molar-refractivity contribution in [2.45, 2.75) is 37.8 Å². The average molecular weight is 224 g/mol. The van der Waals surface area contributed by atoms with E-state index in [1.807, 2.05) is 4.90 Å². The summed E-state index contributed by atoms with van der Waals surface area (Å²) in [5, 5.41) is 3.36. The van der Waals surface area contributed by atoms with Gasteiger partial charge in [0, 0.05) is 30.2 Å². The van der Waals surface area contributed by atoms with E-state index in [2.05, 4.69) is 10.0 Å². The second kappa shape index (κ2) is 5.18. The highest BCUT2D eigenvalue weighted by atomic mass is 16.5. The summed E-state index contributed by atoms with van der Waals surface area (Å²) in [6, 6.07) is 0.659. The molecule has 2 fully saturated rings. The molecule has 1 aliphatic heterocycles. The molecule has 1 saturated heterocycles. The Kier molecular flexibility index (Phi) is 3.64. The number of ether oxygens (including phenoxy) is 1. The molecule has 0 aromatic heterocycles. The highest BCUT2D eigenvalue weighted by Crippen LogP contribution is 2.31. The molecule has 2 aliphatic rings. The number of azide groups is 1. The van der Waals surface area contributed by atoms with Crippen LogP contribution in [0.4, 0.5) is 0 Å². The van der Waals surface area contributed by atoms with Gasteiger partial charge < -0.3 is 9.64 Å². The maximum atomic E-state index is 11.9. The molecule has 1 heterocycles. The molecule has 0 unspecified atom stereocenters. The number of hydrogen-bond acceptors (Lipinski definition) is 3. The van der Waals surface area contributed by atoms with Crippen molar-refractivity contribution in [3.05, 3.63) is 10.4 Å². The Hall–Kier alpha value is -1.26. The highest BCUT2D eigenvalue weighted by Gasteiger charge is 2.37. The third-order valence-electron chi connectivity index (χ3n) is 3.08. The van der Waals surface area contributed by atoms with E-state index >= 15 is 0 Å². The van der Waals surface area contributed by atoms with Crippen molar-refractivity contribution in [1.82, 2.24) is 4.90 Å². The van der Waals surface area contributed by atoms with Gasteiger partial charge in [0.05, 0.1) is 0 Å². The van der Waals surface area contributed by atoms with Crippen molar-refractivity contribution in [2.75, 3.05) is 19.8 Å². The van der Waals surface area contributed by atoms with Crippen LogP contribution in [0.15, 0.2) is 5.11 Å². The Morgan fingerprint density at radius 3 is 2.50 bits per heavy atom. The van der Waals surface area contributed by atoms with E-state index in [4.69, 9.17) is 10.3 Å². The van der Waals surface area contributed by atoms with Crippen molar-refractivity contribution in [1.29, 1.82) is 0 Å². The van der Waals surface area contributed by atoms with Gasteiger partial charge >= 0.3 is 0 Å². The summed E-state index contributed by atoms with van der Waals surface area (Å²) in [6.07, 6.45) is 3.97. The second-order valence-corrected chi connectivity index (χ2v) is 4.26. The van der Waals surface area contributed by atoms with Crippen LogP contribution < -0.4 is 0 Å². The Balaban J connectivity index is 1.97. The fraction of sp³-hybridized carbons (Fsp3) is 0.900. The van der Waals surface area contributed by atoms with Gasteiger partial charge in [-0.05, 0) is 31.2 Å². The predicted octanol–water partition coefficient (Wildman–Crippen LogP) is 1.47. The molecule has 88 valence electrons. The normalized spacial score (nSPS) is 21.2. The molecule has 6 nitrogen and oxygen atoms in total. The van der Waals surface area contributed by atoms with Crippen LogP contribution in [0.2, 0.25) is 0 Å². The summed E-state index contributed by atoms with van der Waals surface area (Å²) in [6.45, 7) is 1.40. The first kappa shape index (κ1) is 11.2. The maximum Gasteiger partial charge on any atom is 0.228 e. The number of nitrogens with zero attached hydrogens (tertiary/aromatic N) is 4. The Morgan fingerprint density at radius 2 is 1.94 bits per heavy atom. The van der Waals surface area contributed by atoms with Gasteiger partial charge in [0.2, 0.25) is 5.91 Å². The Morgan fingerprint density at radius 1 is 1.31 bits per heavy atom. The van der Waals surface area contributed by atoms with Crippen LogP contribution in [0, 0.1) is 0 Å². The lowest BCUT2D eigenvalue weighted by Gasteiger charge is -2.34. The molecule has 16 heavy (non-hydrogen) atoms. The fourth-order valence-corrected chi connectivity index (χ4v) is 2.20. The minimum absolute atomic E-state index is 0.0350. The molecule has 6 heteroatoms. The van der Waals surface area contributed by atoms with Gasteiger partial charge in [-0.25, -0.2) is 0 Å². The van der Waals surface area contributed by atoms with Crippen molar-refractivity contribution in [3.8, 4) is 0 Å². The van der Waals surface area contributed by atoms with Crippen LogP contribution in [-0.2, 0) is 9.53 Å². The summed E-state index contributed by atoms with van der Waals surface area (Å²) in [5.41, 5.74) is 8.23. The summed E-state index contributed by atoms with van der Waals surface area (Å²) in [5.74, 6) is -0.0350. The molecular formula is C10H16N4O2. The van der Waals surface area contributed by atoms with E-state index in [9.17, 15) is 4.79 Å². The topological polar surface area (TPSA) is 78.3 Å². The first-order valence-corrected chi connectivity index (χ1v) is 5.72. The van der Waals surface area contributed by atoms with Gasteiger partial charge in [-0.1, -0.05) is 5.11 Å². The molecule has 2 rings (SSSR count). The van der Waals surface area contributed by atoms with Crippen LogP contribution >= 0.6 is 0 Å². The van der Waals surface area contributed by atoms with Crippen molar-refractivity contribution < 1.29 is 9.53 Å². The lowest BCUT2D eigenvalue weighted by molar-refractivity contribution is -0.134. The van der Waals surface area contributed by atoms with Gasteiger partial charge in [-0.15, -0.1) is 0 Å². The maximum absolute atomic E-state index is 11.9. The molecule has 0 N–H and O–H groups in total. The van der Waals surface area contributed by atoms with E-state index in [0.717, 1.165) is 38.9 Å². The number of rotatable bonds is 4. The first-order valence-electron chi connectivity index (χ1n) is 5.72. The van der Waals surface area contributed by atoms with Crippen molar-refractivity contribution in [2.24, 2.45) is 5.11 Å². The highest BCUT2D eigenvalue weighted by molar-refractivity contribution is 5.79. The zero-order valence-electron chi connectivity index (χ0n) is 9.21. The van der Waals surface area contributed by atoms with Crippen LogP contribution in [-0.4, -0.2) is 42.6 Å². The minimum atomic E-state index is -0.0512. The summed E-state index contributed by atoms with van der Waals surface area (Å²) in [7, 11) is 0. The zero-order valence-corrected chi connectivity index (χ0v) is 9.21. The smallest absolute Gasteiger partial charge is 0.228 e. The number of amides is 1. The fourth-order valence-electron chi connectivity index (χ4n) is 2.20. The molecule has 0 atom stereocenters. The third-order valence-corrected chi connectivity index (χ3v) is 3.08. The molecule has 1 saturated carbocycles. The van der Waals surface area contributed by atoms with E-state index < -0.39 is 0 Å².